The standard InChI is InChI=1S/C16H25N3O/c20-16(6-1-7-16)13-18-15-4-10-19(11-5-15)12-14-2-8-17-9-3-14/h2-3,8-9,15,18,20H,1,4-7,10-13H2. The lowest BCUT2D eigenvalue weighted by Crippen LogP contribution is -2.51. The summed E-state index contributed by atoms with van der Waals surface area (Å²) in [4.78, 5) is 6.56. The Hall–Kier alpha value is -0.970. The first-order valence-corrected chi connectivity index (χ1v) is 7.81. The third-order valence-corrected chi connectivity index (χ3v) is 4.75. The monoisotopic (exact) mass is 275 g/mol. The van der Waals surface area contributed by atoms with Gasteiger partial charge in [0.25, 0.3) is 0 Å². The van der Waals surface area contributed by atoms with Gasteiger partial charge in [-0.2, -0.15) is 0 Å². The molecule has 0 radical (unpaired) electrons. The van der Waals surface area contributed by atoms with Crippen molar-refractivity contribution in [3.63, 3.8) is 0 Å². The number of hydrogen-bond acceptors (Lipinski definition) is 4. The van der Waals surface area contributed by atoms with Crippen LogP contribution in [0.2, 0.25) is 0 Å². The van der Waals surface area contributed by atoms with E-state index in [9.17, 15) is 5.11 Å². The van der Waals surface area contributed by atoms with Crippen LogP contribution in [0.15, 0.2) is 24.5 Å². The Labute approximate surface area is 121 Å². The molecular weight excluding hydrogens is 250 g/mol. The van der Waals surface area contributed by atoms with Crippen molar-refractivity contribution in [2.24, 2.45) is 0 Å². The van der Waals surface area contributed by atoms with Crippen LogP contribution in [0.25, 0.3) is 0 Å². The third-order valence-electron chi connectivity index (χ3n) is 4.75. The number of pyridine rings is 1. The van der Waals surface area contributed by atoms with Crippen molar-refractivity contribution in [3.8, 4) is 0 Å². The Morgan fingerprint density at radius 3 is 2.55 bits per heavy atom. The zero-order valence-electron chi connectivity index (χ0n) is 12.1. The van der Waals surface area contributed by atoms with Gasteiger partial charge in [-0.25, -0.2) is 0 Å². The Morgan fingerprint density at radius 2 is 1.95 bits per heavy atom. The Morgan fingerprint density at radius 1 is 1.25 bits per heavy atom. The van der Waals surface area contributed by atoms with Gasteiger partial charge in [0.05, 0.1) is 5.60 Å². The van der Waals surface area contributed by atoms with Crippen LogP contribution in [0.4, 0.5) is 0 Å². The van der Waals surface area contributed by atoms with E-state index < -0.39 is 5.60 Å². The number of likely N-dealkylation sites (tertiary alicyclic amines) is 1. The highest BCUT2D eigenvalue weighted by Crippen LogP contribution is 2.31. The maximum Gasteiger partial charge on any atom is 0.0771 e. The van der Waals surface area contributed by atoms with Crippen molar-refractivity contribution in [3.05, 3.63) is 30.1 Å². The van der Waals surface area contributed by atoms with E-state index in [-0.39, 0.29) is 0 Å². The van der Waals surface area contributed by atoms with Crippen LogP contribution < -0.4 is 5.32 Å². The first kappa shape index (κ1) is 14.0. The molecule has 0 atom stereocenters. The van der Waals surface area contributed by atoms with Crippen molar-refractivity contribution < 1.29 is 5.11 Å². The van der Waals surface area contributed by atoms with Crippen LogP contribution in [0, 0.1) is 0 Å². The van der Waals surface area contributed by atoms with Crippen LogP contribution in [0.3, 0.4) is 0 Å². The molecule has 20 heavy (non-hydrogen) atoms. The number of aliphatic hydroxyl groups is 1. The van der Waals surface area contributed by atoms with Gasteiger partial charge in [-0.05, 0) is 62.9 Å². The fourth-order valence-electron chi connectivity index (χ4n) is 3.14. The second kappa shape index (κ2) is 6.20. The maximum atomic E-state index is 10.1. The summed E-state index contributed by atoms with van der Waals surface area (Å²) in [6, 6.07) is 4.76. The van der Waals surface area contributed by atoms with Crippen LogP contribution >= 0.6 is 0 Å². The molecule has 2 aliphatic rings. The van der Waals surface area contributed by atoms with Gasteiger partial charge in [-0.1, -0.05) is 0 Å². The van der Waals surface area contributed by atoms with Gasteiger partial charge < -0.3 is 10.4 Å². The van der Waals surface area contributed by atoms with Gasteiger partial charge in [0.15, 0.2) is 0 Å². The molecule has 4 nitrogen and oxygen atoms in total. The largest absolute Gasteiger partial charge is 0.389 e. The van der Waals surface area contributed by atoms with E-state index in [1.165, 1.54) is 24.8 Å². The molecule has 1 aromatic heterocycles. The minimum Gasteiger partial charge on any atom is -0.389 e. The molecule has 110 valence electrons. The topological polar surface area (TPSA) is 48.4 Å². The fourth-order valence-corrected chi connectivity index (χ4v) is 3.14. The van der Waals surface area contributed by atoms with Crippen molar-refractivity contribution >= 4 is 0 Å². The SMILES string of the molecule is OC1(CNC2CCN(Cc3ccncc3)CC2)CCC1. The van der Waals surface area contributed by atoms with Gasteiger partial charge in [-0.15, -0.1) is 0 Å². The van der Waals surface area contributed by atoms with E-state index in [0.717, 1.165) is 39.0 Å². The Kier molecular flexibility index (Phi) is 4.34. The second-order valence-electron chi connectivity index (χ2n) is 6.36. The summed E-state index contributed by atoms with van der Waals surface area (Å²) < 4.78 is 0. The molecule has 3 rings (SSSR count). The lowest BCUT2D eigenvalue weighted by Gasteiger charge is -2.39. The fraction of sp³-hybridized carbons (Fsp3) is 0.688. The number of nitrogens with zero attached hydrogens (tertiary/aromatic N) is 2. The molecule has 2 N–H and O–H groups in total. The van der Waals surface area contributed by atoms with Crippen LogP contribution in [0.5, 0.6) is 0 Å². The number of piperidine rings is 1. The van der Waals surface area contributed by atoms with Crippen LogP contribution in [0.1, 0.15) is 37.7 Å². The van der Waals surface area contributed by atoms with Crippen LogP contribution in [-0.4, -0.2) is 46.3 Å². The predicted molar refractivity (Wildman–Crippen MR) is 79.3 cm³/mol. The summed E-state index contributed by atoms with van der Waals surface area (Å²) in [6.45, 7) is 4.08. The predicted octanol–water partition coefficient (Wildman–Crippen LogP) is 1.55. The molecule has 1 aliphatic heterocycles. The molecule has 1 aliphatic carbocycles. The summed E-state index contributed by atoms with van der Waals surface area (Å²) in [5, 5.41) is 13.7. The van der Waals surface area contributed by atoms with E-state index >= 15 is 0 Å². The van der Waals surface area contributed by atoms with Crippen molar-refractivity contribution in [1.29, 1.82) is 0 Å². The van der Waals surface area contributed by atoms with Gasteiger partial charge in [-0.3, -0.25) is 9.88 Å². The molecule has 0 unspecified atom stereocenters. The summed E-state index contributed by atoms with van der Waals surface area (Å²) >= 11 is 0. The molecule has 1 aromatic rings. The Bertz CT molecular complexity index is 411. The van der Waals surface area contributed by atoms with Gasteiger partial charge in [0, 0.05) is 31.5 Å². The average Bonchev–Trinajstić information content (AvgIpc) is 2.46. The lowest BCUT2D eigenvalue weighted by atomic mass is 9.80. The summed E-state index contributed by atoms with van der Waals surface area (Å²) in [5.41, 5.74) is 0.948. The smallest absolute Gasteiger partial charge is 0.0771 e. The first-order chi connectivity index (χ1) is 9.73. The number of nitrogens with one attached hydrogen (secondary N) is 1. The normalized spacial score (nSPS) is 23.4. The lowest BCUT2D eigenvalue weighted by molar-refractivity contribution is -0.0345. The maximum absolute atomic E-state index is 10.1. The molecule has 2 heterocycles. The summed E-state index contributed by atoms with van der Waals surface area (Å²) in [6.07, 6.45) is 9.22. The molecule has 0 bridgehead atoms. The zero-order valence-corrected chi connectivity index (χ0v) is 12.1. The first-order valence-electron chi connectivity index (χ1n) is 7.81. The minimum absolute atomic E-state index is 0.395. The van der Waals surface area contributed by atoms with Crippen LogP contribution in [-0.2, 0) is 6.54 Å². The van der Waals surface area contributed by atoms with Crippen molar-refractivity contribution in [2.75, 3.05) is 19.6 Å². The van der Waals surface area contributed by atoms with Crippen molar-refractivity contribution in [2.45, 2.75) is 50.3 Å². The number of aromatic nitrogens is 1. The molecule has 2 fully saturated rings. The van der Waals surface area contributed by atoms with Crippen molar-refractivity contribution in [1.82, 2.24) is 15.2 Å². The molecule has 0 amide bonds. The highest BCUT2D eigenvalue weighted by molar-refractivity contribution is 5.09. The van der Waals surface area contributed by atoms with Gasteiger partial charge >= 0.3 is 0 Å². The number of rotatable bonds is 5. The summed E-state index contributed by atoms with van der Waals surface area (Å²) in [7, 11) is 0. The van der Waals surface area contributed by atoms with Gasteiger partial charge in [0.1, 0.15) is 0 Å². The highest BCUT2D eigenvalue weighted by atomic mass is 16.3. The molecule has 1 saturated heterocycles. The Balaban J connectivity index is 1.38. The molecule has 1 saturated carbocycles. The number of hydrogen-bond donors (Lipinski definition) is 2. The minimum atomic E-state index is -0.395. The second-order valence-corrected chi connectivity index (χ2v) is 6.36. The quantitative estimate of drug-likeness (QED) is 0.856. The molecule has 4 heteroatoms. The average molecular weight is 275 g/mol. The molecule has 0 spiro atoms. The van der Waals surface area contributed by atoms with E-state index in [4.69, 9.17) is 0 Å². The zero-order chi connectivity index (χ0) is 13.8. The highest BCUT2D eigenvalue weighted by Gasteiger charge is 2.34. The summed E-state index contributed by atoms with van der Waals surface area (Å²) in [5.74, 6) is 0. The van der Waals surface area contributed by atoms with E-state index in [0.29, 0.717) is 6.04 Å². The van der Waals surface area contributed by atoms with E-state index in [1.807, 2.05) is 12.4 Å². The van der Waals surface area contributed by atoms with E-state index in [2.05, 4.69) is 27.3 Å². The van der Waals surface area contributed by atoms with Gasteiger partial charge in [0.2, 0.25) is 0 Å². The van der Waals surface area contributed by atoms with E-state index in [1.54, 1.807) is 0 Å². The third kappa shape index (κ3) is 3.57. The molecule has 0 aromatic carbocycles. The molecular formula is C16H25N3O.